The monoisotopic (exact) mass is 308 g/mol. The van der Waals surface area contributed by atoms with Crippen LogP contribution in [0, 0.1) is 5.92 Å². The van der Waals surface area contributed by atoms with Crippen molar-refractivity contribution in [1.82, 2.24) is 5.32 Å². The lowest BCUT2D eigenvalue weighted by Gasteiger charge is -2.25. The standard InChI is InChI=1S/C20H24N2O/c21-19-11-5-10-18(13-19)20(23)22-14-15-6-4-9-17(12-15)16-7-2-1-3-8-16/h1-4,6-9,12,18-19H,5,10-11,13-14,21H2,(H,22,23)/t18-,19+/m1/s1. The minimum atomic E-state index is 0.0797. The largest absolute Gasteiger partial charge is 0.352 e. The Morgan fingerprint density at radius 3 is 2.61 bits per heavy atom. The number of rotatable bonds is 4. The number of benzene rings is 2. The number of carbonyl (C=O) groups is 1. The number of nitrogens with two attached hydrogens (primary N) is 1. The summed E-state index contributed by atoms with van der Waals surface area (Å²) in [7, 11) is 0. The smallest absolute Gasteiger partial charge is 0.223 e. The van der Waals surface area contributed by atoms with Gasteiger partial charge in [0.1, 0.15) is 0 Å². The van der Waals surface area contributed by atoms with Gasteiger partial charge in [0, 0.05) is 18.5 Å². The third-order valence-corrected chi connectivity index (χ3v) is 4.59. The van der Waals surface area contributed by atoms with Crippen LogP contribution in [0.5, 0.6) is 0 Å². The highest BCUT2D eigenvalue weighted by Crippen LogP contribution is 2.23. The van der Waals surface area contributed by atoms with Crippen molar-refractivity contribution >= 4 is 5.91 Å². The van der Waals surface area contributed by atoms with E-state index in [4.69, 9.17) is 5.73 Å². The third-order valence-electron chi connectivity index (χ3n) is 4.59. The molecule has 2 atom stereocenters. The molecule has 3 nitrogen and oxygen atoms in total. The Morgan fingerprint density at radius 2 is 1.83 bits per heavy atom. The van der Waals surface area contributed by atoms with Crippen LogP contribution in [0.3, 0.4) is 0 Å². The molecule has 0 aliphatic heterocycles. The SMILES string of the molecule is N[C@H]1CCC[C@@H](C(=O)NCc2cccc(-c3ccccc3)c2)C1. The van der Waals surface area contributed by atoms with Crippen LogP contribution in [0.25, 0.3) is 11.1 Å². The number of nitrogens with one attached hydrogen (secondary N) is 1. The summed E-state index contributed by atoms with van der Waals surface area (Å²) in [4.78, 5) is 12.3. The van der Waals surface area contributed by atoms with E-state index in [1.165, 1.54) is 11.1 Å². The molecule has 1 saturated carbocycles. The van der Waals surface area contributed by atoms with Crippen molar-refractivity contribution in [1.29, 1.82) is 0 Å². The molecule has 1 aliphatic rings. The molecular formula is C20H24N2O. The Balaban J connectivity index is 1.61. The van der Waals surface area contributed by atoms with Crippen LogP contribution in [-0.4, -0.2) is 11.9 Å². The van der Waals surface area contributed by atoms with Gasteiger partial charge in [0.2, 0.25) is 5.91 Å². The first-order valence-corrected chi connectivity index (χ1v) is 8.40. The molecule has 2 aromatic carbocycles. The van der Waals surface area contributed by atoms with Gasteiger partial charge in [-0.2, -0.15) is 0 Å². The lowest BCUT2D eigenvalue weighted by Crippen LogP contribution is -2.37. The quantitative estimate of drug-likeness (QED) is 0.908. The van der Waals surface area contributed by atoms with Crippen LogP contribution < -0.4 is 11.1 Å². The molecule has 3 N–H and O–H groups in total. The van der Waals surface area contributed by atoms with Crippen molar-refractivity contribution in [2.24, 2.45) is 11.7 Å². The topological polar surface area (TPSA) is 55.1 Å². The lowest BCUT2D eigenvalue weighted by molar-refractivity contribution is -0.126. The normalized spacial score (nSPS) is 20.9. The van der Waals surface area contributed by atoms with Gasteiger partial charge in [-0.1, -0.05) is 55.0 Å². The Bertz CT molecular complexity index is 654. The first-order chi connectivity index (χ1) is 11.2. The lowest BCUT2D eigenvalue weighted by atomic mass is 9.85. The first-order valence-electron chi connectivity index (χ1n) is 8.40. The predicted octanol–water partition coefficient (Wildman–Crippen LogP) is 3.49. The second kappa shape index (κ2) is 7.42. The van der Waals surface area contributed by atoms with Crippen molar-refractivity contribution in [3.05, 3.63) is 60.2 Å². The minimum absolute atomic E-state index is 0.0797. The molecule has 0 bridgehead atoms. The Hall–Kier alpha value is -2.13. The van der Waals surface area contributed by atoms with Gasteiger partial charge in [0.05, 0.1) is 0 Å². The van der Waals surface area contributed by atoms with E-state index in [1.54, 1.807) is 0 Å². The zero-order valence-corrected chi connectivity index (χ0v) is 13.4. The van der Waals surface area contributed by atoms with Crippen molar-refractivity contribution in [2.75, 3.05) is 0 Å². The summed E-state index contributed by atoms with van der Waals surface area (Å²) >= 11 is 0. The van der Waals surface area contributed by atoms with E-state index in [-0.39, 0.29) is 17.9 Å². The predicted molar refractivity (Wildman–Crippen MR) is 93.7 cm³/mol. The van der Waals surface area contributed by atoms with Crippen LogP contribution in [0.1, 0.15) is 31.2 Å². The summed E-state index contributed by atoms with van der Waals surface area (Å²) < 4.78 is 0. The summed E-state index contributed by atoms with van der Waals surface area (Å²) in [6.45, 7) is 0.575. The average molecular weight is 308 g/mol. The van der Waals surface area contributed by atoms with Crippen LogP contribution in [0.2, 0.25) is 0 Å². The molecule has 0 aromatic heterocycles. The maximum Gasteiger partial charge on any atom is 0.223 e. The maximum atomic E-state index is 12.3. The zero-order chi connectivity index (χ0) is 16.1. The molecule has 2 aromatic rings. The van der Waals surface area contributed by atoms with Gasteiger partial charge in [0.25, 0.3) is 0 Å². The summed E-state index contributed by atoms with van der Waals surface area (Å²) in [6.07, 6.45) is 3.88. The molecule has 1 aliphatic carbocycles. The van der Waals surface area contributed by atoms with Crippen LogP contribution in [0.15, 0.2) is 54.6 Å². The van der Waals surface area contributed by atoms with E-state index in [0.29, 0.717) is 6.54 Å². The van der Waals surface area contributed by atoms with E-state index in [9.17, 15) is 4.79 Å². The van der Waals surface area contributed by atoms with Gasteiger partial charge < -0.3 is 11.1 Å². The Labute approximate surface area is 137 Å². The van der Waals surface area contributed by atoms with Crippen LogP contribution in [-0.2, 0) is 11.3 Å². The Kier molecular flexibility index (Phi) is 5.09. The van der Waals surface area contributed by atoms with Crippen molar-refractivity contribution < 1.29 is 4.79 Å². The molecule has 120 valence electrons. The van der Waals surface area contributed by atoms with E-state index < -0.39 is 0 Å². The van der Waals surface area contributed by atoms with Crippen molar-refractivity contribution in [2.45, 2.75) is 38.3 Å². The van der Waals surface area contributed by atoms with Gasteiger partial charge in [0.15, 0.2) is 0 Å². The third kappa shape index (κ3) is 4.20. The number of amides is 1. The Morgan fingerprint density at radius 1 is 1.04 bits per heavy atom. The van der Waals surface area contributed by atoms with Crippen molar-refractivity contribution in [3.63, 3.8) is 0 Å². The first kappa shape index (κ1) is 15.8. The van der Waals surface area contributed by atoms with Gasteiger partial charge in [-0.05, 0) is 42.0 Å². The maximum absolute atomic E-state index is 12.3. The second-order valence-corrected chi connectivity index (χ2v) is 6.41. The van der Waals surface area contributed by atoms with E-state index in [1.807, 2.05) is 24.3 Å². The average Bonchev–Trinajstić information content (AvgIpc) is 2.61. The highest BCUT2D eigenvalue weighted by Gasteiger charge is 2.24. The minimum Gasteiger partial charge on any atom is -0.352 e. The summed E-state index contributed by atoms with van der Waals surface area (Å²) in [6, 6.07) is 18.8. The molecular weight excluding hydrogens is 284 g/mol. The highest BCUT2D eigenvalue weighted by atomic mass is 16.1. The second-order valence-electron chi connectivity index (χ2n) is 6.41. The number of hydrogen-bond acceptors (Lipinski definition) is 2. The molecule has 0 saturated heterocycles. The summed E-state index contributed by atoms with van der Waals surface area (Å²) in [5, 5.41) is 3.07. The molecule has 3 heteroatoms. The van der Waals surface area contributed by atoms with Gasteiger partial charge in [-0.25, -0.2) is 0 Å². The molecule has 1 amide bonds. The van der Waals surface area contributed by atoms with Gasteiger partial charge >= 0.3 is 0 Å². The fourth-order valence-corrected chi connectivity index (χ4v) is 3.29. The van der Waals surface area contributed by atoms with E-state index in [2.05, 4.69) is 35.6 Å². The molecule has 1 fully saturated rings. The molecule has 0 heterocycles. The molecule has 23 heavy (non-hydrogen) atoms. The summed E-state index contributed by atoms with van der Waals surface area (Å²) in [5.74, 6) is 0.223. The molecule has 0 radical (unpaired) electrons. The van der Waals surface area contributed by atoms with E-state index >= 15 is 0 Å². The molecule has 3 rings (SSSR count). The van der Waals surface area contributed by atoms with Gasteiger partial charge in [-0.3, -0.25) is 4.79 Å². The highest BCUT2D eigenvalue weighted by molar-refractivity contribution is 5.78. The molecule has 0 spiro atoms. The number of hydrogen-bond donors (Lipinski definition) is 2. The van der Waals surface area contributed by atoms with E-state index in [0.717, 1.165) is 31.2 Å². The van der Waals surface area contributed by atoms with Crippen molar-refractivity contribution in [3.8, 4) is 11.1 Å². The number of carbonyl (C=O) groups excluding carboxylic acids is 1. The fourth-order valence-electron chi connectivity index (χ4n) is 3.29. The van der Waals surface area contributed by atoms with Crippen LogP contribution >= 0.6 is 0 Å². The van der Waals surface area contributed by atoms with Gasteiger partial charge in [-0.15, -0.1) is 0 Å². The van der Waals surface area contributed by atoms with Crippen LogP contribution in [0.4, 0.5) is 0 Å². The summed E-state index contributed by atoms with van der Waals surface area (Å²) in [5.41, 5.74) is 9.47. The zero-order valence-electron chi connectivity index (χ0n) is 13.4. The molecule has 0 unspecified atom stereocenters. The fraction of sp³-hybridized carbons (Fsp3) is 0.350.